The molecule has 0 radical (unpaired) electrons. The topological polar surface area (TPSA) is 97.2 Å². The van der Waals surface area contributed by atoms with Crippen molar-refractivity contribution >= 4 is 23.4 Å². The maximum Gasteiger partial charge on any atom is 0.249 e. The Morgan fingerprint density at radius 2 is 1.94 bits per heavy atom. The van der Waals surface area contributed by atoms with Gasteiger partial charge in [0.1, 0.15) is 23.4 Å². The standard InChI is InChI=1S/C22H25F2N7O2/c1-12-18-20(30(3)19(13(2)33-4)21(32)28-18)29-22(27-12)25-8-15-9-26-31(11-15)10-14-5-16(23)7-17(24)6-14/h5-7,9,11,13,19H,8,10H2,1-4H3,(H,28,32)(H,25,27,29)/t13-,19+/m1/s1. The molecule has 0 saturated heterocycles. The quantitative estimate of drug-likeness (QED) is 0.563. The van der Waals surface area contributed by atoms with Gasteiger partial charge in [-0.15, -0.1) is 0 Å². The summed E-state index contributed by atoms with van der Waals surface area (Å²) in [4.78, 5) is 23.4. The maximum atomic E-state index is 13.4. The van der Waals surface area contributed by atoms with E-state index in [4.69, 9.17) is 4.74 Å². The first-order chi connectivity index (χ1) is 15.7. The van der Waals surface area contributed by atoms with E-state index in [1.165, 1.54) is 12.1 Å². The molecule has 3 aromatic rings. The van der Waals surface area contributed by atoms with E-state index in [0.29, 0.717) is 35.3 Å². The second-order valence-corrected chi connectivity index (χ2v) is 7.99. The van der Waals surface area contributed by atoms with E-state index in [1.54, 1.807) is 43.1 Å². The third kappa shape index (κ3) is 4.77. The van der Waals surface area contributed by atoms with E-state index in [9.17, 15) is 13.6 Å². The summed E-state index contributed by atoms with van der Waals surface area (Å²) in [6.07, 6.45) is 3.12. The van der Waals surface area contributed by atoms with Crippen LogP contribution in [0.2, 0.25) is 0 Å². The van der Waals surface area contributed by atoms with Crippen molar-refractivity contribution in [1.29, 1.82) is 0 Å². The molecule has 33 heavy (non-hydrogen) atoms. The van der Waals surface area contributed by atoms with Gasteiger partial charge < -0.3 is 20.3 Å². The molecule has 174 valence electrons. The van der Waals surface area contributed by atoms with Crippen LogP contribution in [-0.2, 0) is 22.6 Å². The third-order valence-corrected chi connectivity index (χ3v) is 5.56. The number of fused-ring (bicyclic) bond motifs is 1. The van der Waals surface area contributed by atoms with Crippen LogP contribution in [0.1, 0.15) is 23.7 Å². The number of halogens is 2. The van der Waals surface area contributed by atoms with Crippen molar-refractivity contribution in [2.75, 3.05) is 29.7 Å². The van der Waals surface area contributed by atoms with Gasteiger partial charge in [-0.05, 0) is 31.5 Å². The zero-order valence-electron chi connectivity index (χ0n) is 18.8. The van der Waals surface area contributed by atoms with Crippen LogP contribution in [0.4, 0.5) is 26.2 Å². The van der Waals surface area contributed by atoms with Gasteiger partial charge in [0, 0.05) is 38.5 Å². The summed E-state index contributed by atoms with van der Waals surface area (Å²) >= 11 is 0. The fourth-order valence-electron chi connectivity index (χ4n) is 3.85. The van der Waals surface area contributed by atoms with Gasteiger partial charge in [-0.1, -0.05) is 0 Å². The summed E-state index contributed by atoms with van der Waals surface area (Å²) < 4.78 is 33.8. The molecule has 1 amide bonds. The molecule has 2 N–H and O–H groups in total. The fourth-order valence-corrected chi connectivity index (χ4v) is 3.85. The van der Waals surface area contributed by atoms with Crippen LogP contribution >= 0.6 is 0 Å². The van der Waals surface area contributed by atoms with Crippen molar-refractivity contribution in [1.82, 2.24) is 19.7 Å². The number of aryl methyl sites for hydroxylation is 1. The number of nitrogens with one attached hydrogen (secondary N) is 2. The highest BCUT2D eigenvalue weighted by Crippen LogP contribution is 2.33. The number of aromatic nitrogens is 4. The van der Waals surface area contributed by atoms with Crippen LogP contribution in [0, 0.1) is 18.6 Å². The molecule has 0 fully saturated rings. The molecule has 0 aliphatic carbocycles. The molecule has 0 saturated carbocycles. The number of nitrogens with zero attached hydrogens (tertiary/aromatic N) is 5. The van der Waals surface area contributed by atoms with Gasteiger partial charge in [-0.2, -0.15) is 10.1 Å². The number of hydrogen-bond donors (Lipinski definition) is 2. The summed E-state index contributed by atoms with van der Waals surface area (Å²) in [6, 6.07) is 2.87. The zero-order chi connectivity index (χ0) is 23.7. The van der Waals surface area contributed by atoms with Crippen LogP contribution in [0.25, 0.3) is 0 Å². The van der Waals surface area contributed by atoms with Gasteiger partial charge in [-0.3, -0.25) is 9.48 Å². The number of amides is 1. The fraction of sp³-hybridized carbons (Fsp3) is 0.364. The van der Waals surface area contributed by atoms with E-state index in [-0.39, 0.29) is 18.6 Å². The Morgan fingerprint density at radius 1 is 1.21 bits per heavy atom. The van der Waals surface area contributed by atoms with Gasteiger partial charge in [0.15, 0.2) is 5.82 Å². The number of benzene rings is 1. The molecule has 1 aliphatic heterocycles. The monoisotopic (exact) mass is 457 g/mol. The SMILES string of the molecule is CO[C@H](C)[C@H]1C(=O)Nc2c(C)nc(NCc3cnn(Cc4cc(F)cc(F)c4)c3)nc2N1C. The molecule has 2 aromatic heterocycles. The Balaban J connectivity index is 1.47. The number of ether oxygens (including phenoxy) is 1. The number of carbonyl (C=O) groups is 1. The second kappa shape index (κ2) is 9.10. The summed E-state index contributed by atoms with van der Waals surface area (Å²) in [7, 11) is 3.36. The Morgan fingerprint density at radius 3 is 2.64 bits per heavy atom. The van der Waals surface area contributed by atoms with Crippen molar-refractivity contribution in [2.45, 2.75) is 39.1 Å². The van der Waals surface area contributed by atoms with E-state index in [2.05, 4.69) is 25.7 Å². The number of carbonyl (C=O) groups excluding carboxylic acids is 1. The molecule has 11 heteroatoms. The smallest absolute Gasteiger partial charge is 0.249 e. The Labute approximate surface area is 189 Å². The van der Waals surface area contributed by atoms with Crippen LogP contribution < -0.4 is 15.5 Å². The summed E-state index contributed by atoms with van der Waals surface area (Å²) in [5.41, 5.74) is 2.53. The minimum absolute atomic E-state index is 0.169. The lowest BCUT2D eigenvalue weighted by Gasteiger charge is -2.37. The zero-order valence-corrected chi connectivity index (χ0v) is 18.8. The number of rotatable bonds is 7. The predicted molar refractivity (Wildman–Crippen MR) is 119 cm³/mol. The van der Waals surface area contributed by atoms with Crippen molar-refractivity contribution in [3.63, 3.8) is 0 Å². The van der Waals surface area contributed by atoms with E-state index in [1.807, 2.05) is 6.92 Å². The van der Waals surface area contributed by atoms with Crippen LogP contribution in [0.5, 0.6) is 0 Å². The molecule has 9 nitrogen and oxygen atoms in total. The number of likely N-dealkylation sites (N-methyl/N-ethyl adjacent to an activating group) is 1. The molecular formula is C22H25F2N7O2. The van der Waals surface area contributed by atoms with Gasteiger partial charge in [0.25, 0.3) is 0 Å². The summed E-state index contributed by atoms with van der Waals surface area (Å²) in [5.74, 6) is -0.415. The van der Waals surface area contributed by atoms with Gasteiger partial charge in [-0.25, -0.2) is 13.8 Å². The summed E-state index contributed by atoms with van der Waals surface area (Å²) in [5, 5.41) is 10.3. The van der Waals surface area contributed by atoms with E-state index in [0.717, 1.165) is 11.6 Å². The van der Waals surface area contributed by atoms with Gasteiger partial charge in [0.05, 0.1) is 24.5 Å². The van der Waals surface area contributed by atoms with E-state index >= 15 is 0 Å². The van der Waals surface area contributed by atoms with Gasteiger partial charge >= 0.3 is 0 Å². The lowest BCUT2D eigenvalue weighted by Crippen LogP contribution is -2.53. The first-order valence-electron chi connectivity index (χ1n) is 10.4. The minimum atomic E-state index is -0.623. The molecule has 2 atom stereocenters. The Bertz CT molecular complexity index is 1160. The first kappa shape index (κ1) is 22.6. The van der Waals surface area contributed by atoms with Crippen molar-refractivity contribution in [2.24, 2.45) is 0 Å². The minimum Gasteiger partial charge on any atom is -0.379 e. The third-order valence-electron chi connectivity index (χ3n) is 5.56. The molecule has 0 spiro atoms. The Hall–Kier alpha value is -3.60. The highest BCUT2D eigenvalue weighted by Gasteiger charge is 2.37. The first-order valence-corrected chi connectivity index (χ1v) is 10.4. The molecular weight excluding hydrogens is 432 g/mol. The molecule has 3 heterocycles. The van der Waals surface area contributed by atoms with Crippen LogP contribution in [0.3, 0.4) is 0 Å². The average Bonchev–Trinajstić information content (AvgIpc) is 3.19. The molecule has 0 bridgehead atoms. The average molecular weight is 457 g/mol. The predicted octanol–water partition coefficient (Wildman–Crippen LogP) is 2.71. The van der Waals surface area contributed by atoms with Gasteiger partial charge in [0.2, 0.25) is 11.9 Å². The van der Waals surface area contributed by atoms with Crippen LogP contribution in [0.15, 0.2) is 30.6 Å². The second-order valence-electron chi connectivity index (χ2n) is 7.99. The summed E-state index contributed by atoms with van der Waals surface area (Å²) in [6.45, 7) is 4.27. The lowest BCUT2D eigenvalue weighted by molar-refractivity contribution is -0.120. The lowest BCUT2D eigenvalue weighted by atomic mass is 10.1. The maximum absolute atomic E-state index is 13.4. The van der Waals surface area contributed by atoms with Crippen molar-refractivity contribution < 1.29 is 18.3 Å². The number of methoxy groups -OCH3 is 1. The normalized spacial score (nSPS) is 16.4. The highest BCUT2D eigenvalue weighted by molar-refractivity contribution is 6.03. The molecule has 4 rings (SSSR count). The Kier molecular flexibility index (Phi) is 6.23. The highest BCUT2D eigenvalue weighted by atomic mass is 19.1. The molecule has 1 aromatic carbocycles. The molecule has 0 unspecified atom stereocenters. The number of hydrogen-bond acceptors (Lipinski definition) is 7. The van der Waals surface area contributed by atoms with E-state index < -0.39 is 17.7 Å². The van der Waals surface area contributed by atoms with Crippen molar-refractivity contribution in [3.05, 3.63) is 59.0 Å². The number of anilines is 3. The van der Waals surface area contributed by atoms with Crippen LogP contribution in [-0.4, -0.2) is 52.0 Å². The molecule has 1 aliphatic rings. The van der Waals surface area contributed by atoms with Crippen molar-refractivity contribution in [3.8, 4) is 0 Å². The largest absolute Gasteiger partial charge is 0.379 e.